The summed E-state index contributed by atoms with van der Waals surface area (Å²) in [6.45, 7) is 1.16. The van der Waals surface area contributed by atoms with Gasteiger partial charge in [-0.1, -0.05) is 23.7 Å². The summed E-state index contributed by atoms with van der Waals surface area (Å²) in [5.74, 6) is -0.822. The van der Waals surface area contributed by atoms with Crippen molar-refractivity contribution in [3.8, 4) is 0 Å². The van der Waals surface area contributed by atoms with Gasteiger partial charge in [0.15, 0.2) is 5.79 Å². The summed E-state index contributed by atoms with van der Waals surface area (Å²) >= 11 is 6.15. The minimum absolute atomic E-state index is 0.247. The van der Waals surface area contributed by atoms with Crippen molar-refractivity contribution in [1.29, 1.82) is 0 Å². The molecule has 3 fully saturated rings. The van der Waals surface area contributed by atoms with Gasteiger partial charge in [0.05, 0.1) is 23.9 Å². The number of carbonyl (C=O) groups excluding carboxylic acids is 2. The Balaban J connectivity index is 1.60. The molecule has 0 atom stereocenters. The first-order valence-electron chi connectivity index (χ1n) is 7.75. The zero-order valence-corrected chi connectivity index (χ0v) is 13.3. The molecule has 1 aromatic carbocycles. The van der Waals surface area contributed by atoms with Crippen LogP contribution in [0.1, 0.15) is 25.7 Å². The van der Waals surface area contributed by atoms with E-state index in [2.05, 4.69) is 5.32 Å². The first-order valence-corrected chi connectivity index (χ1v) is 8.12. The maximum absolute atomic E-state index is 13.0. The number of halogens is 1. The molecule has 122 valence electrons. The third kappa shape index (κ3) is 2.24. The fourth-order valence-corrected chi connectivity index (χ4v) is 3.87. The highest BCUT2D eigenvalue weighted by Crippen LogP contribution is 2.44. The first kappa shape index (κ1) is 14.9. The van der Waals surface area contributed by atoms with E-state index in [1.165, 1.54) is 0 Å². The number of nitrogens with zero attached hydrogens (tertiary/aromatic N) is 1. The Labute approximate surface area is 138 Å². The van der Waals surface area contributed by atoms with Crippen LogP contribution in [0.2, 0.25) is 5.02 Å². The van der Waals surface area contributed by atoms with Crippen molar-refractivity contribution in [1.82, 2.24) is 5.32 Å². The van der Waals surface area contributed by atoms with Crippen molar-refractivity contribution in [2.75, 3.05) is 18.1 Å². The predicted octanol–water partition coefficient (Wildman–Crippen LogP) is 2.45. The molecule has 6 nitrogen and oxygen atoms in total. The number of imide groups is 1. The second-order valence-electron chi connectivity index (χ2n) is 6.21. The normalized spacial score (nSPS) is 25.3. The van der Waals surface area contributed by atoms with Crippen LogP contribution in [-0.2, 0) is 14.3 Å². The average molecular weight is 337 g/mol. The van der Waals surface area contributed by atoms with Crippen LogP contribution < -0.4 is 10.2 Å². The molecule has 2 saturated heterocycles. The van der Waals surface area contributed by atoms with Gasteiger partial charge in [-0.05, 0) is 25.0 Å². The summed E-state index contributed by atoms with van der Waals surface area (Å²) in [7, 11) is 0. The molecule has 4 rings (SSSR count). The summed E-state index contributed by atoms with van der Waals surface area (Å²) in [6.07, 6.45) is 2.18. The Morgan fingerprint density at radius 1 is 1.04 bits per heavy atom. The van der Waals surface area contributed by atoms with Gasteiger partial charge in [0.2, 0.25) is 0 Å². The van der Waals surface area contributed by atoms with Gasteiger partial charge in [0.1, 0.15) is 5.54 Å². The van der Waals surface area contributed by atoms with E-state index in [1.54, 1.807) is 24.3 Å². The lowest BCUT2D eigenvalue weighted by Crippen LogP contribution is -2.53. The number of carbonyl (C=O) groups is 2. The lowest BCUT2D eigenvalue weighted by atomic mass is 9.78. The Kier molecular flexibility index (Phi) is 3.37. The summed E-state index contributed by atoms with van der Waals surface area (Å²) in [4.78, 5) is 26.5. The Morgan fingerprint density at radius 2 is 1.70 bits per heavy atom. The van der Waals surface area contributed by atoms with Gasteiger partial charge in [-0.3, -0.25) is 4.79 Å². The molecule has 0 aromatic heterocycles. The summed E-state index contributed by atoms with van der Waals surface area (Å²) in [5, 5.41) is 3.25. The number of para-hydroxylation sites is 1. The molecule has 2 heterocycles. The van der Waals surface area contributed by atoms with E-state index < -0.39 is 17.4 Å². The zero-order chi connectivity index (χ0) is 16.1. The highest BCUT2D eigenvalue weighted by molar-refractivity contribution is 6.36. The van der Waals surface area contributed by atoms with Gasteiger partial charge >= 0.3 is 6.03 Å². The molecule has 0 bridgehead atoms. The Bertz CT molecular complexity index is 662. The van der Waals surface area contributed by atoms with E-state index in [-0.39, 0.29) is 5.91 Å². The number of ether oxygens (including phenoxy) is 2. The van der Waals surface area contributed by atoms with E-state index in [4.69, 9.17) is 21.1 Å². The maximum atomic E-state index is 13.0. The van der Waals surface area contributed by atoms with Gasteiger partial charge in [0.25, 0.3) is 5.91 Å². The molecule has 0 radical (unpaired) electrons. The van der Waals surface area contributed by atoms with Crippen molar-refractivity contribution in [3.05, 3.63) is 29.3 Å². The SMILES string of the molecule is O=C1NC2(CCC3(CC2)OCCO3)C(=O)N1c1ccccc1Cl. The maximum Gasteiger partial charge on any atom is 0.329 e. The molecule has 2 spiro atoms. The first-order chi connectivity index (χ1) is 11.1. The van der Waals surface area contributed by atoms with Crippen LogP contribution >= 0.6 is 11.6 Å². The van der Waals surface area contributed by atoms with Crippen LogP contribution in [0.15, 0.2) is 24.3 Å². The molecule has 23 heavy (non-hydrogen) atoms. The minimum atomic E-state index is -0.878. The largest absolute Gasteiger partial charge is 0.348 e. The van der Waals surface area contributed by atoms with Crippen LogP contribution in [0.4, 0.5) is 10.5 Å². The van der Waals surface area contributed by atoms with Gasteiger partial charge in [-0.25, -0.2) is 9.69 Å². The number of hydrogen-bond acceptors (Lipinski definition) is 4. The van der Waals surface area contributed by atoms with Crippen LogP contribution in [-0.4, -0.2) is 36.5 Å². The van der Waals surface area contributed by atoms with E-state index in [0.717, 1.165) is 4.90 Å². The van der Waals surface area contributed by atoms with Crippen LogP contribution in [0, 0.1) is 0 Å². The molecule has 1 saturated carbocycles. The van der Waals surface area contributed by atoms with E-state index in [9.17, 15) is 9.59 Å². The fourth-order valence-electron chi connectivity index (χ4n) is 3.65. The minimum Gasteiger partial charge on any atom is -0.348 e. The molecule has 2 aliphatic heterocycles. The van der Waals surface area contributed by atoms with E-state index >= 15 is 0 Å². The van der Waals surface area contributed by atoms with Gasteiger partial charge in [-0.15, -0.1) is 0 Å². The fraction of sp³-hybridized carbons (Fsp3) is 0.500. The number of hydrogen-bond donors (Lipinski definition) is 1. The molecule has 1 aliphatic carbocycles. The smallest absolute Gasteiger partial charge is 0.329 e. The summed E-state index contributed by atoms with van der Waals surface area (Å²) in [6, 6.07) is 6.43. The van der Waals surface area contributed by atoms with Gasteiger partial charge < -0.3 is 14.8 Å². The van der Waals surface area contributed by atoms with Crippen molar-refractivity contribution >= 4 is 29.2 Å². The van der Waals surface area contributed by atoms with E-state index in [1.807, 2.05) is 0 Å². The van der Waals surface area contributed by atoms with Crippen LogP contribution in [0.3, 0.4) is 0 Å². The monoisotopic (exact) mass is 336 g/mol. The second kappa shape index (κ2) is 5.19. The van der Waals surface area contributed by atoms with Crippen molar-refractivity contribution < 1.29 is 19.1 Å². The number of amides is 3. The number of nitrogens with one attached hydrogen (secondary N) is 1. The number of rotatable bonds is 1. The Hall–Kier alpha value is -1.63. The van der Waals surface area contributed by atoms with Crippen molar-refractivity contribution in [2.45, 2.75) is 37.0 Å². The third-order valence-electron chi connectivity index (χ3n) is 4.93. The van der Waals surface area contributed by atoms with Crippen molar-refractivity contribution in [2.24, 2.45) is 0 Å². The number of anilines is 1. The van der Waals surface area contributed by atoms with Gasteiger partial charge in [0, 0.05) is 12.8 Å². The van der Waals surface area contributed by atoms with Gasteiger partial charge in [-0.2, -0.15) is 0 Å². The van der Waals surface area contributed by atoms with Crippen LogP contribution in [0.5, 0.6) is 0 Å². The molecule has 7 heteroatoms. The topological polar surface area (TPSA) is 67.9 Å². The second-order valence-corrected chi connectivity index (χ2v) is 6.62. The molecule has 1 aromatic rings. The third-order valence-corrected chi connectivity index (χ3v) is 5.25. The molecular formula is C16H17ClN2O4. The summed E-state index contributed by atoms with van der Waals surface area (Å²) in [5.41, 5.74) is -0.459. The summed E-state index contributed by atoms with van der Waals surface area (Å²) < 4.78 is 11.4. The predicted molar refractivity (Wildman–Crippen MR) is 83.3 cm³/mol. The Morgan fingerprint density at radius 3 is 2.35 bits per heavy atom. The standard InChI is InChI=1S/C16H17ClN2O4/c17-11-3-1-2-4-12(11)19-13(20)15(18-14(19)21)5-7-16(8-6-15)22-9-10-23-16/h1-4H,5-10H2,(H,18,21). The molecule has 3 aliphatic rings. The molecule has 1 N–H and O–H groups in total. The quantitative estimate of drug-likeness (QED) is 0.800. The molecule has 3 amide bonds. The molecule has 0 unspecified atom stereocenters. The number of urea groups is 1. The highest BCUT2D eigenvalue weighted by Gasteiger charge is 2.57. The lowest BCUT2D eigenvalue weighted by molar-refractivity contribution is -0.185. The van der Waals surface area contributed by atoms with E-state index in [0.29, 0.717) is 49.6 Å². The number of benzene rings is 1. The zero-order valence-electron chi connectivity index (χ0n) is 12.5. The molecular weight excluding hydrogens is 320 g/mol. The van der Waals surface area contributed by atoms with Crippen LogP contribution in [0.25, 0.3) is 0 Å². The average Bonchev–Trinajstić information content (AvgIpc) is 3.09. The highest BCUT2D eigenvalue weighted by atomic mass is 35.5. The lowest BCUT2D eigenvalue weighted by Gasteiger charge is -2.39. The van der Waals surface area contributed by atoms with Crippen molar-refractivity contribution in [3.63, 3.8) is 0 Å².